The van der Waals surface area contributed by atoms with Gasteiger partial charge in [0, 0.05) is 12.5 Å². The average molecular weight is 1140 g/mol. The summed E-state index contributed by atoms with van der Waals surface area (Å²) in [5, 5.41) is 3.12. The highest BCUT2D eigenvalue weighted by molar-refractivity contribution is 5.69. The highest BCUT2D eigenvalue weighted by atomic mass is 79.9. The molecule has 0 spiro atoms. The maximum Gasteiger partial charge on any atom is 0.407 e. The Morgan fingerprint density at radius 1 is 0.394 bits per heavy atom. The van der Waals surface area contributed by atoms with Crippen LogP contribution >= 0.6 is 0 Å². The van der Waals surface area contributed by atoms with Gasteiger partial charge in [-0.2, -0.15) is 0 Å². The van der Waals surface area contributed by atoms with Gasteiger partial charge in [0.1, 0.15) is 26.3 Å². The molecule has 2 aliphatic carbocycles. The third-order valence-electron chi connectivity index (χ3n) is 16.1. The Hall–Kier alpha value is -0.460. The molecule has 2 fully saturated rings. The average Bonchev–Trinajstić information content (AvgIpc) is 3.32. The number of carbonyl (C=O) groups is 2. The van der Waals surface area contributed by atoms with Crippen LogP contribution in [0.3, 0.4) is 0 Å². The number of carbonyl (C=O) groups excluding carboxylic acids is 2. The second-order valence-corrected chi connectivity index (χ2v) is 23.7. The summed E-state index contributed by atoms with van der Waals surface area (Å²) in [5.41, 5.74) is 0. The number of halogens is 2. The molecule has 0 heterocycles. The lowest BCUT2D eigenvalue weighted by Crippen LogP contribution is -3.00. The normalized spacial score (nSPS) is 18.4. The van der Waals surface area contributed by atoms with Crippen LogP contribution in [-0.4, -0.2) is 121 Å². The zero-order valence-electron chi connectivity index (χ0n) is 47.9. The molecule has 0 aromatic carbocycles. The Balaban J connectivity index is 0.0000245. The first-order valence-electron chi connectivity index (χ1n) is 30.4. The summed E-state index contributed by atoms with van der Waals surface area (Å²) < 4.78 is 24.8. The number of esters is 1. The van der Waals surface area contributed by atoms with Gasteiger partial charge in [-0.3, -0.25) is 4.79 Å². The van der Waals surface area contributed by atoms with Gasteiger partial charge in [-0.05, 0) is 88.4 Å². The molecule has 0 saturated heterocycles. The van der Waals surface area contributed by atoms with E-state index in [-0.39, 0.29) is 52.1 Å². The first-order chi connectivity index (χ1) is 33.5. The minimum absolute atomic E-state index is 0. The van der Waals surface area contributed by atoms with Crippen LogP contribution in [0.2, 0.25) is 0 Å². The van der Waals surface area contributed by atoms with Crippen molar-refractivity contribution >= 4 is 12.1 Å². The number of likely N-dealkylation sites (N-methyl/N-ethyl adjacent to an activating group) is 2. The molecule has 1 N–H and O–H groups in total. The van der Waals surface area contributed by atoms with Gasteiger partial charge in [0.2, 0.25) is 0 Å². The Morgan fingerprint density at radius 2 is 0.718 bits per heavy atom. The lowest BCUT2D eigenvalue weighted by atomic mass is 9.74. The number of hydrogen-bond donors (Lipinski definition) is 1. The Labute approximate surface area is 462 Å². The van der Waals surface area contributed by atoms with E-state index in [1.807, 2.05) is 0 Å². The Bertz CT molecular complexity index is 1090. The molecule has 0 atom stereocenters. The van der Waals surface area contributed by atoms with E-state index in [1.165, 1.54) is 225 Å². The molecule has 0 bridgehead atoms. The van der Waals surface area contributed by atoms with Crippen LogP contribution in [0.15, 0.2) is 0 Å². The zero-order valence-corrected chi connectivity index (χ0v) is 51.0. The largest absolute Gasteiger partial charge is 1.00 e. The van der Waals surface area contributed by atoms with Crippen molar-refractivity contribution in [1.82, 2.24) is 5.32 Å². The van der Waals surface area contributed by atoms with Gasteiger partial charge >= 0.3 is 12.1 Å². The van der Waals surface area contributed by atoms with Gasteiger partial charge in [-0.25, -0.2) is 4.79 Å². The van der Waals surface area contributed by atoms with Crippen molar-refractivity contribution in [3.05, 3.63) is 0 Å². The number of quaternary nitrogens is 2. The third kappa shape index (κ3) is 43.4. The molecular formula is C60H119Br2N3O6. The van der Waals surface area contributed by atoms with Gasteiger partial charge in [-0.1, -0.05) is 181 Å². The van der Waals surface area contributed by atoms with Crippen LogP contribution in [0.4, 0.5) is 4.79 Å². The quantitative estimate of drug-likeness (QED) is 0.0372. The van der Waals surface area contributed by atoms with Crippen molar-refractivity contribution < 1.29 is 71.5 Å². The highest BCUT2D eigenvalue weighted by Gasteiger charge is 2.29. The molecule has 0 aromatic heterocycles. The number of rotatable bonds is 47. The SMILES string of the molecule is CCCCCCCCCCCCCCCC[N+](C)(C)CCOCCOC(=O)CC1CCC(CC2CCC(NC(=O)OCCOCC[N+](C)(C)CCCCCCCCCCCCCCCC)CC2)CC1.[Br-].[Br-]. The summed E-state index contributed by atoms with van der Waals surface area (Å²) in [6.45, 7) is 12.0. The molecule has 2 saturated carbocycles. The van der Waals surface area contributed by atoms with Crippen LogP contribution < -0.4 is 39.3 Å². The number of nitrogens with zero attached hydrogens (tertiary/aromatic N) is 2. The lowest BCUT2D eigenvalue weighted by molar-refractivity contribution is -0.891. The third-order valence-corrected chi connectivity index (χ3v) is 16.1. The smallest absolute Gasteiger partial charge is 0.407 e. The predicted octanol–water partition coefficient (Wildman–Crippen LogP) is 9.56. The van der Waals surface area contributed by atoms with E-state index >= 15 is 0 Å². The molecule has 9 nitrogen and oxygen atoms in total. The van der Waals surface area contributed by atoms with Crippen LogP contribution in [0.1, 0.15) is 258 Å². The summed E-state index contributed by atoms with van der Waals surface area (Å²) in [7, 11) is 9.22. The second-order valence-electron chi connectivity index (χ2n) is 23.7. The molecule has 1 amide bonds. The fourth-order valence-corrected chi connectivity index (χ4v) is 11.1. The molecule has 0 unspecified atom stereocenters. The summed E-state index contributed by atoms with van der Waals surface area (Å²) >= 11 is 0. The van der Waals surface area contributed by atoms with E-state index in [0.29, 0.717) is 52.0 Å². The molecule has 71 heavy (non-hydrogen) atoms. The van der Waals surface area contributed by atoms with Crippen molar-refractivity contribution in [2.75, 3.05) is 94.0 Å². The van der Waals surface area contributed by atoms with Crippen molar-refractivity contribution in [1.29, 1.82) is 0 Å². The molecule has 424 valence electrons. The predicted molar refractivity (Wildman–Crippen MR) is 292 cm³/mol. The fourth-order valence-electron chi connectivity index (χ4n) is 11.1. The number of hydrogen-bond acceptors (Lipinski definition) is 6. The highest BCUT2D eigenvalue weighted by Crippen LogP contribution is 2.38. The van der Waals surface area contributed by atoms with Gasteiger partial charge in [0.05, 0.1) is 67.7 Å². The summed E-state index contributed by atoms with van der Waals surface area (Å²) in [5.74, 6) is 1.89. The molecule has 0 aromatic rings. The standard InChI is InChI=1S/C60H118N3O6.2BrH/c1-7-9-11-13-15-17-19-21-23-25-27-29-31-33-43-62(3,4)45-47-66-49-51-68-59(64)54-57-37-35-55(36-38-57)53-56-39-41-58(42-40-56)61-60(65)69-52-50-67-48-46-63(5,6)44-34-32-30-28-26-24-22-20-18-16-14-12-10-8-2;;/h55-58H,7-54H2,1-6H3;2*1H/q+1;;/p-1. The topological polar surface area (TPSA) is 83.1 Å². The molecular weight excluding hydrogens is 1020 g/mol. The van der Waals surface area contributed by atoms with Crippen molar-refractivity contribution in [2.45, 2.75) is 264 Å². The molecule has 2 aliphatic rings. The van der Waals surface area contributed by atoms with Crippen LogP contribution in [-0.2, 0) is 23.7 Å². The first-order valence-corrected chi connectivity index (χ1v) is 30.4. The number of unbranched alkanes of at least 4 members (excludes halogenated alkanes) is 26. The van der Waals surface area contributed by atoms with E-state index in [2.05, 4.69) is 47.4 Å². The molecule has 0 radical (unpaired) electrons. The maximum absolute atomic E-state index is 12.6. The molecule has 11 heteroatoms. The van der Waals surface area contributed by atoms with Crippen LogP contribution in [0.5, 0.6) is 0 Å². The minimum atomic E-state index is -0.301. The summed E-state index contributed by atoms with van der Waals surface area (Å²) in [6, 6.07) is 0.212. The Morgan fingerprint density at radius 3 is 1.10 bits per heavy atom. The van der Waals surface area contributed by atoms with Crippen molar-refractivity contribution in [3.8, 4) is 0 Å². The zero-order chi connectivity index (χ0) is 49.9. The summed E-state index contributed by atoms with van der Waals surface area (Å²) in [6.07, 6.45) is 49.8. The summed E-state index contributed by atoms with van der Waals surface area (Å²) in [4.78, 5) is 25.1. The number of amides is 1. The van der Waals surface area contributed by atoms with E-state index in [1.54, 1.807) is 0 Å². The van der Waals surface area contributed by atoms with E-state index < -0.39 is 0 Å². The Kier molecular flexibility index (Phi) is 47.6. The van der Waals surface area contributed by atoms with Gasteiger partial charge in [0.25, 0.3) is 0 Å². The monoisotopic (exact) mass is 1140 g/mol. The van der Waals surface area contributed by atoms with E-state index in [0.717, 1.165) is 59.6 Å². The fraction of sp³-hybridized carbons (Fsp3) is 0.967. The lowest BCUT2D eigenvalue weighted by Gasteiger charge is -2.34. The number of nitrogens with one attached hydrogen (secondary N) is 1. The van der Waals surface area contributed by atoms with Gasteiger partial charge < -0.3 is 67.2 Å². The van der Waals surface area contributed by atoms with Gasteiger partial charge in [-0.15, -0.1) is 0 Å². The van der Waals surface area contributed by atoms with Crippen LogP contribution in [0, 0.1) is 17.8 Å². The number of ether oxygens (including phenoxy) is 4. The van der Waals surface area contributed by atoms with E-state index in [9.17, 15) is 9.59 Å². The minimum Gasteiger partial charge on any atom is -1.00 e. The second kappa shape index (κ2) is 48.0. The number of alkyl carbamates (subject to hydrolysis) is 1. The van der Waals surface area contributed by atoms with Gasteiger partial charge in [0.15, 0.2) is 0 Å². The van der Waals surface area contributed by atoms with Crippen LogP contribution in [0.25, 0.3) is 0 Å². The first kappa shape index (κ1) is 70.5. The molecule has 0 aliphatic heterocycles. The van der Waals surface area contributed by atoms with Crippen molar-refractivity contribution in [3.63, 3.8) is 0 Å². The maximum atomic E-state index is 12.6. The van der Waals surface area contributed by atoms with Crippen molar-refractivity contribution in [2.24, 2.45) is 17.8 Å². The molecule has 2 rings (SSSR count). The van der Waals surface area contributed by atoms with E-state index in [4.69, 9.17) is 18.9 Å².